The van der Waals surface area contributed by atoms with Crippen molar-refractivity contribution < 1.29 is 18.7 Å². The van der Waals surface area contributed by atoms with E-state index in [1.165, 1.54) is 6.07 Å². The molecule has 0 spiro atoms. The molecule has 4 rings (SSSR count). The number of rotatable bonds is 5. The number of nitro groups is 2. The fraction of sp³-hybridized carbons (Fsp3) is 0.364. The van der Waals surface area contributed by atoms with Crippen LogP contribution >= 0.6 is 0 Å². The molecule has 1 unspecified atom stereocenters. The van der Waals surface area contributed by atoms with Gasteiger partial charge in [0.1, 0.15) is 17.4 Å². The highest BCUT2D eigenvalue weighted by Gasteiger charge is 2.38. The van der Waals surface area contributed by atoms with Gasteiger partial charge in [0.25, 0.3) is 11.4 Å². The first-order chi connectivity index (χ1) is 14.2. The number of fused-ring (bicyclic) bond motifs is 3. The predicted octanol–water partition coefficient (Wildman–Crippen LogP) is 4.94. The molecule has 0 saturated carbocycles. The van der Waals surface area contributed by atoms with Gasteiger partial charge in [-0.05, 0) is 25.1 Å². The summed E-state index contributed by atoms with van der Waals surface area (Å²) in [5, 5.41) is 23.0. The SMILES string of the molecule is C[C@H](c1ccc([N+](=O)[O-])cc1)[N+](C)(C)C1CCc2oc3ccc([N+](=O)[O-])cc3c2C1. The maximum absolute atomic E-state index is 11.2. The standard InChI is InChI=1S/C22H24N3O5/c1-14(15-4-6-16(7-5-15)23(26)27)25(2,3)18-9-11-22-20(13-18)19-12-17(24(28)29)8-10-21(19)30-22/h4-8,10,12,14,18H,9,11,13H2,1-3H3/q+1/t14-,18?/m1/s1. The van der Waals surface area contributed by atoms with E-state index in [0.29, 0.717) is 16.1 Å². The zero-order valence-electron chi connectivity index (χ0n) is 17.2. The number of hydrogen-bond acceptors (Lipinski definition) is 5. The van der Waals surface area contributed by atoms with Crippen LogP contribution in [0.15, 0.2) is 46.9 Å². The molecule has 1 heterocycles. The molecule has 3 aromatic rings. The van der Waals surface area contributed by atoms with Crippen molar-refractivity contribution >= 4 is 22.3 Å². The molecule has 0 N–H and O–H groups in total. The molecule has 8 heteroatoms. The van der Waals surface area contributed by atoms with Crippen LogP contribution in [0.25, 0.3) is 11.0 Å². The third-order valence-corrected chi connectivity index (χ3v) is 6.74. The fourth-order valence-corrected chi connectivity index (χ4v) is 4.51. The van der Waals surface area contributed by atoms with Crippen LogP contribution in [0.2, 0.25) is 0 Å². The number of nitro benzene ring substituents is 2. The van der Waals surface area contributed by atoms with E-state index in [9.17, 15) is 20.2 Å². The predicted molar refractivity (Wildman–Crippen MR) is 112 cm³/mol. The van der Waals surface area contributed by atoms with Gasteiger partial charge in [0.2, 0.25) is 0 Å². The highest BCUT2D eigenvalue weighted by atomic mass is 16.6. The van der Waals surface area contributed by atoms with Crippen LogP contribution in [0.4, 0.5) is 11.4 Å². The largest absolute Gasteiger partial charge is 0.461 e. The first kappa shape index (κ1) is 20.0. The molecule has 0 fully saturated rings. The summed E-state index contributed by atoms with van der Waals surface area (Å²) in [4.78, 5) is 21.4. The molecule has 0 aliphatic heterocycles. The second kappa shape index (κ2) is 7.21. The van der Waals surface area contributed by atoms with Crippen LogP contribution in [0.5, 0.6) is 0 Å². The number of likely N-dealkylation sites (N-methyl/N-ethyl adjacent to an activating group) is 1. The summed E-state index contributed by atoms with van der Waals surface area (Å²) < 4.78 is 6.68. The molecule has 2 atom stereocenters. The van der Waals surface area contributed by atoms with E-state index in [4.69, 9.17) is 4.42 Å². The Balaban J connectivity index is 1.63. The van der Waals surface area contributed by atoms with Crippen molar-refractivity contribution in [2.75, 3.05) is 14.1 Å². The van der Waals surface area contributed by atoms with Crippen molar-refractivity contribution in [1.82, 2.24) is 0 Å². The van der Waals surface area contributed by atoms with Gasteiger partial charge in [0.05, 0.1) is 30.0 Å². The summed E-state index contributed by atoms with van der Waals surface area (Å²) in [6, 6.07) is 11.9. The number of hydrogen-bond donors (Lipinski definition) is 0. The van der Waals surface area contributed by atoms with Crippen LogP contribution in [0, 0.1) is 20.2 Å². The van der Waals surface area contributed by atoms with Crippen LogP contribution < -0.4 is 0 Å². The molecular weight excluding hydrogens is 386 g/mol. The second-order valence-electron chi connectivity index (χ2n) is 8.49. The highest BCUT2D eigenvalue weighted by Crippen LogP contribution is 2.39. The summed E-state index contributed by atoms with van der Waals surface area (Å²) in [5.41, 5.74) is 2.96. The lowest BCUT2D eigenvalue weighted by Gasteiger charge is -2.44. The van der Waals surface area contributed by atoms with E-state index in [-0.39, 0.29) is 27.3 Å². The van der Waals surface area contributed by atoms with Gasteiger partial charge >= 0.3 is 0 Å². The maximum atomic E-state index is 11.2. The first-order valence-corrected chi connectivity index (χ1v) is 9.95. The topological polar surface area (TPSA) is 99.4 Å². The van der Waals surface area contributed by atoms with E-state index >= 15 is 0 Å². The summed E-state index contributed by atoms with van der Waals surface area (Å²) in [6.07, 6.45) is 2.50. The lowest BCUT2D eigenvalue weighted by molar-refractivity contribution is -0.943. The number of aryl methyl sites for hydroxylation is 1. The van der Waals surface area contributed by atoms with Crippen molar-refractivity contribution in [2.24, 2.45) is 0 Å². The zero-order chi connectivity index (χ0) is 21.6. The Kier molecular flexibility index (Phi) is 4.82. The molecule has 0 bridgehead atoms. The molecule has 156 valence electrons. The fourth-order valence-electron chi connectivity index (χ4n) is 4.51. The van der Waals surface area contributed by atoms with Crippen molar-refractivity contribution in [3.05, 3.63) is 79.6 Å². The van der Waals surface area contributed by atoms with Crippen molar-refractivity contribution in [3.63, 3.8) is 0 Å². The third kappa shape index (κ3) is 3.33. The molecule has 1 aliphatic rings. The minimum Gasteiger partial charge on any atom is -0.461 e. The first-order valence-electron chi connectivity index (χ1n) is 9.95. The van der Waals surface area contributed by atoms with E-state index in [1.54, 1.807) is 24.3 Å². The smallest absolute Gasteiger partial charge is 0.270 e. The van der Waals surface area contributed by atoms with Gasteiger partial charge in [-0.2, -0.15) is 0 Å². The number of non-ortho nitro benzene ring substituents is 2. The molecule has 0 amide bonds. The van der Waals surface area contributed by atoms with Gasteiger partial charge in [-0.25, -0.2) is 0 Å². The number of quaternary nitrogens is 1. The highest BCUT2D eigenvalue weighted by molar-refractivity contribution is 5.84. The molecule has 30 heavy (non-hydrogen) atoms. The van der Waals surface area contributed by atoms with Crippen LogP contribution in [-0.2, 0) is 12.8 Å². The van der Waals surface area contributed by atoms with E-state index in [1.807, 2.05) is 12.1 Å². The lowest BCUT2D eigenvalue weighted by atomic mass is 9.88. The minimum atomic E-state index is -0.389. The molecule has 1 aromatic heterocycles. The average Bonchev–Trinajstić information content (AvgIpc) is 3.10. The molecular formula is C22H24N3O5+. The molecule has 2 aromatic carbocycles. The number of furan rings is 1. The average molecular weight is 410 g/mol. The van der Waals surface area contributed by atoms with Gasteiger partial charge in [-0.15, -0.1) is 0 Å². The van der Waals surface area contributed by atoms with E-state index in [2.05, 4.69) is 21.0 Å². The Morgan fingerprint density at radius 3 is 2.30 bits per heavy atom. The van der Waals surface area contributed by atoms with Gasteiger partial charge in [0.15, 0.2) is 0 Å². The van der Waals surface area contributed by atoms with E-state index in [0.717, 1.165) is 41.5 Å². The van der Waals surface area contributed by atoms with Crippen LogP contribution in [0.3, 0.4) is 0 Å². The van der Waals surface area contributed by atoms with Crippen LogP contribution in [0.1, 0.15) is 36.3 Å². The Morgan fingerprint density at radius 2 is 1.67 bits per heavy atom. The lowest BCUT2D eigenvalue weighted by Crippen LogP contribution is -2.52. The summed E-state index contributed by atoms with van der Waals surface area (Å²) in [5.74, 6) is 0.921. The summed E-state index contributed by atoms with van der Waals surface area (Å²) in [6.45, 7) is 2.13. The molecule has 0 saturated heterocycles. The van der Waals surface area contributed by atoms with Gasteiger partial charge < -0.3 is 8.90 Å². The summed E-state index contributed by atoms with van der Waals surface area (Å²) in [7, 11) is 4.35. The number of nitrogens with zero attached hydrogens (tertiary/aromatic N) is 3. The van der Waals surface area contributed by atoms with Gasteiger partial charge in [-0.1, -0.05) is 0 Å². The Bertz CT molecular complexity index is 1130. The number of benzene rings is 2. The van der Waals surface area contributed by atoms with Gasteiger partial charge in [0, 0.05) is 60.0 Å². The van der Waals surface area contributed by atoms with Crippen molar-refractivity contribution in [2.45, 2.75) is 38.3 Å². The van der Waals surface area contributed by atoms with Gasteiger partial charge in [-0.3, -0.25) is 20.2 Å². The van der Waals surface area contributed by atoms with E-state index < -0.39 is 0 Å². The minimum absolute atomic E-state index is 0.0706. The molecule has 0 radical (unpaired) electrons. The summed E-state index contributed by atoms with van der Waals surface area (Å²) >= 11 is 0. The Hall–Kier alpha value is -3.26. The van der Waals surface area contributed by atoms with Crippen LogP contribution in [-0.4, -0.2) is 34.5 Å². The monoisotopic (exact) mass is 410 g/mol. The molecule has 8 nitrogen and oxygen atoms in total. The molecule has 1 aliphatic carbocycles. The Morgan fingerprint density at radius 1 is 1.03 bits per heavy atom. The quantitative estimate of drug-likeness (QED) is 0.337. The Labute approximate surface area is 173 Å². The normalized spacial score (nSPS) is 17.5. The third-order valence-electron chi connectivity index (χ3n) is 6.74. The van der Waals surface area contributed by atoms with Crippen molar-refractivity contribution in [1.29, 1.82) is 0 Å². The maximum Gasteiger partial charge on any atom is 0.270 e. The van der Waals surface area contributed by atoms with Crippen molar-refractivity contribution in [3.8, 4) is 0 Å². The zero-order valence-corrected chi connectivity index (χ0v) is 17.2. The second-order valence-corrected chi connectivity index (χ2v) is 8.49.